The van der Waals surface area contributed by atoms with Crippen LogP contribution in [0.2, 0.25) is 0 Å². The molecule has 2 rings (SSSR count). The van der Waals surface area contributed by atoms with Gasteiger partial charge in [-0.1, -0.05) is 6.42 Å². The van der Waals surface area contributed by atoms with Crippen LogP contribution in [-0.2, 0) is 16.1 Å². The van der Waals surface area contributed by atoms with Crippen LogP contribution in [0.4, 0.5) is 5.82 Å². The van der Waals surface area contributed by atoms with Crippen molar-refractivity contribution in [1.29, 1.82) is 0 Å². The Morgan fingerprint density at radius 1 is 1.63 bits per heavy atom. The Labute approximate surface area is 113 Å². The molecule has 0 aliphatic heterocycles. The van der Waals surface area contributed by atoms with Gasteiger partial charge in [-0.15, -0.1) is 0 Å². The highest BCUT2D eigenvalue weighted by molar-refractivity contribution is 5.91. The molecule has 1 aromatic rings. The van der Waals surface area contributed by atoms with Gasteiger partial charge in [0, 0.05) is 31.3 Å². The number of carbonyl (C=O) groups is 1. The van der Waals surface area contributed by atoms with Crippen molar-refractivity contribution in [3.05, 3.63) is 12.3 Å². The first-order valence-electron chi connectivity index (χ1n) is 6.78. The number of aromatic nitrogens is 2. The average Bonchev–Trinajstić information content (AvgIpc) is 2.84. The number of hydrogen-bond donors (Lipinski definition) is 2. The minimum absolute atomic E-state index is 0.0212. The first kappa shape index (κ1) is 14.0. The number of rotatable bonds is 5. The van der Waals surface area contributed by atoms with E-state index in [0.29, 0.717) is 19.0 Å². The molecule has 1 aliphatic carbocycles. The summed E-state index contributed by atoms with van der Waals surface area (Å²) in [6.07, 6.45) is 5.58. The molecule has 2 unspecified atom stereocenters. The van der Waals surface area contributed by atoms with Crippen molar-refractivity contribution in [2.75, 3.05) is 19.0 Å². The van der Waals surface area contributed by atoms with Crippen molar-refractivity contribution in [1.82, 2.24) is 9.78 Å². The van der Waals surface area contributed by atoms with Crippen LogP contribution in [0.15, 0.2) is 12.3 Å². The number of ether oxygens (including phenoxy) is 1. The van der Waals surface area contributed by atoms with Crippen LogP contribution < -0.4 is 11.1 Å². The first-order valence-corrected chi connectivity index (χ1v) is 6.78. The van der Waals surface area contributed by atoms with E-state index in [-0.39, 0.29) is 17.9 Å². The van der Waals surface area contributed by atoms with Gasteiger partial charge in [0.1, 0.15) is 0 Å². The van der Waals surface area contributed by atoms with E-state index in [1.807, 2.05) is 6.20 Å². The maximum absolute atomic E-state index is 12.1. The highest BCUT2D eigenvalue weighted by Crippen LogP contribution is 2.24. The zero-order valence-electron chi connectivity index (χ0n) is 11.3. The molecule has 0 spiro atoms. The van der Waals surface area contributed by atoms with E-state index in [2.05, 4.69) is 10.4 Å². The summed E-state index contributed by atoms with van der Waals surface area (Å²) in [4.78, 5) is 12.1. The molecule has 1 saturated carbocycles. The van der Waals surface area contributed by atoms with E-state index in [0.717, 1.165) is 25.7 Å². The summed E-state index contributed by atoms with van der Waals surface area (Å²) >= 11 is 0. The molecule has 0 saturated heterocycles. The second-order valence-corrected chi connectivity index (χ2v) is 5.07. The van der Waals surface area contributed by atoms with E-state index < -0.39 is 0 Å². The number of anilines is 1. The normalized spacial score (nSPS) is 23.3. The largest absolute Gasteiger partial charge is 0.383 e. The zero-order valence-corrected chi connectivity index (χ0v) is 11.3. The Balaban J connectivity index is 1.86. The standard InChI is InChI=1S/C13H22N4O2/c1-19-8-7-17-6-5-12(16-17)15-13(18)10-3-2-4-11(14)9-10/h5-6,10-11H,2-4,7-9,14H2,1H3,(H,15,16,18). The number of amides is 1. The van der Waals surface area contributed by atoms with Gasteiger partial charge in [0.2, 0.25) is 5.91 Å². The van der Waals surface area contributed by atoms with Crippen molar-refractivity contribution in [3.8, 4) is 0 Å². The summed E-state index contributed by atoms with van der Waals surface area (Å²) in [5, 5.41) is 7.14. The SMILES string of the molecule is COCCn1ccc(NC(=O)C2CCCC(N)C2)n1. The van der Waals surface area contributed by atoms with Gasteiger partial charge in [-0.05, 0) is 19.3 Å². The lowest BCUT2D eigenvalue weighted by Gasteiger charge is -2.25. The van der Waals surface area contributed by atoms with Crippen LogP contribution in [0.25, 0.3) is 0 Å². The number of nitrogens with one attached hydrogen (secondary N) is 1. The lowest BCUT2D eigenvalue weighted by atomic mass is 9.85. The van der Waals surface area contributed by atoms with Crippen LogP contribution in [0.1, 0.15) is 25.7 Å². The summed E-state index contributed by atoms with van der Waals surface area (Å²) < 4.78 is 6.74. The van der Waals surface area contributed by atoms with E-state index in [1.165, 1.54) is 0 Å². The quantitative estimate of drug-likeness (QED) is 0.832. The molecule has 6 heteroatoms. The Morgan fingerprint density at radius 3 is 3.21 bits per heavy atom. The molecule has 106 valence electrons. The molecule has 1 fully saturated rings. The third-order valence-electron chi connectivity index (χ3n) is 3.50. The fourth-order valence-corrected chi connectivity index (χ4v) is 2.43. The van der Waals surface area contributed by atoms with Gasteiger partial charge in [-0.3, -0.25) is 9.48 Å². The molecule has 0 bridgehead atoms. The monoisotopic (exact) mass is 266 g/mol. The van der Waals surface area contributed by atoms with Crippen LogP contribution >= 0.6 is 0 Å². The topological polar surface area (TPSA) is 82.2 Å². The lowest BCUT2D eigenvalue weighted by Crippen LogP contribution is -2.34. The van der Waals surface area contributed by atoms with E-state index in [4.69, 9.17) is 10.5 Å². The number of nitrogens with zero attached hydrogens (tertiary/aromatic N) is 2. The average molecular weight is 266 g/mol. The van der Waals surface area contributed by atoms with Crippen molar-refractivity contribution < 1.29 is 9.53 Å². The van der Waals surface area contributed by atoms with Gasteiger partial charge in [-0.25, -0.2) is 0 Å². The van der Waals surface area contributed by atoms with Crippen molar-refractivity contribution >= 4 is 11.7 Å². The molecule has 0 aromatic carbocycles. The van der Waals surface area contributed by atoms with Crippen LogP contribution in [0, 0.1) is 5.92 Å². The van der Waals surface area contributed by atoms with E-state index >= 15 is 0 Å². The molecule has 1 aliphatic rings. The molecule has 2 atom stereocenters. The highest BCUT2D eigenvalue weighted by Gasteiger charge is 2.25. The number of hydrogen-bond acceptors (Lipinski definition) is 4. The molecule has 1 heterocycles. The molecular formula is C13H22N4O2. The molecule has 3 N–H and O–H groups in total. The maximum atomic E-state index is 12.1. The predicted octanol–water partition coefficient (Wildman–Crippen LogP) is 0.985. The molecular weight excluding hydrogens is 244 g/mol. The van der Waals surface area contributed by atoms with Gasteiger partial charge in [-0.2, -0.15) is 5.10 Å². The Hall–Kier alpha value is -1.40. The van der Waals surface area contributed by atoms with E-state index in [1.54, 1.807) is 17.9 Å². The van der Waals surface area contributed by atoms with Crippen LogP contribution in [0.5, 0.6) is 0 Å². The molecule has 1 amide bonds. The van der Waals surface area contributed by atoms with Crippen LogP contribution in [0.3, 0.4) is 0 Å². The van der Waals surface area contributed by atoms with E-state index in [9.17, 15) is 4.79 Å². The second kappa shape index (κ2) is 6.68. The summed E-state index contributed by atoms with van der Waals surface area (Å²) in [5.74, 6) is 0.653. The highest BCUT2D eigenvalue weighted by atomic mass is 16.5. The summed E-state index contributed by atoms with van der Waals surface area (Å²) in [6.45, 7) is 1.28. The first-order chi connectivity index (χ1) is 9.19. The van der Waals surface area contributed by atoms with Gasteiger partial charge in [0.15, 0.2) is 5.82 Å². The number of methoxy groups -OCH3 is 1. The predicted molar refractivity (Wildman–Crippen MR) is 72.7 cm³/mol. The lowest BCUT2D eigenvalue weighted by molar-refractivity contribution is -0.120. The maximum Gasteiger partial charge on any atom is 0.228 e. The molecule has 19 heavy (non-hydrogen) atoms. The fourth-order valence-electron chi connectivity index (χ4n) is 2.43. The Morgan fingerprint density at radius 2 is 2.47 bits per heavy atom. The summed E-state index contributed by atoms with van der Waals surface area (Å²) in [7, 11) is 1.65. The smallest absolute Gasteiger partial charge is 0.228 e. The third-order valence-corrected chi connectivity index (χ3v) is 3.50. The number of carbonyl (C=O) groups excluding carboxylic acids is 1. The minimum Gasteiger partial charge on any atom is -0.383 e. The van der Waals surface area contributed by atoms with Crippen molar-refractivity contribution in [2.24, 2.45) is 11.7 Å². The minimum atomic E-state index is 0.0212. The second-order valence-electron chi connectivity index (χ2n) is 5.07. The molecule has 0 radical (unpaired) electrons. The zero-order chi connectivity index (χ0) is 13.7. The van der Waals surface area contributed by atoms with Crippen LogP contribution in [-0.4, -0.2) is 35.4 Å². The van der Waals surface area contributed by atoms with Gasteiger partial charge in [0.05, 0.1) is 13.2 Å². The summed E-state index contributed by atoms with van der Waals surface area (Å²) in [6, 6.07) is 1.96. The van der Waals surface area contributed by atoms with Crippen molar-refractivity contribution in [3.63, 3.8) is 0 Å². The number of nitrogens with two attached hydrogens (primary N) is 1. The summed E-state index contributed by atoms with van der Waals surface area (Å²) in [5.41, 5.74) is 5.90. The van der Waals surface area contributed by atoms with Gasteiger partial charge >= 0.3 is 0 Å². The Bertz CT molecular complexity index is 419. The Kier molecular flexibility index (Phi) is 4.93. The van der Waals surface area contributed by atoms with Gasteiger partial charge in [0.25, 0.3) is 0 Å². The van der Waals surface area contributed by atoms with Gasteiger partial charge < -0.3 is 15.8 Å². The third kappa shape index (κ3) is 4.04. The fraction of sp³-hybridized carbons (Fsp3) is 0.692. The molecule has 6 nitrogen and oxygen atoms in total. The van der Waals surface area contributed by atoms with Crippen molar-refractivity contribution in [2.45, 2.75) is 38.3 Å². The molecule has 1 aromatic heterocycles.